The molecule has 224 valence electrons. The van der Waals surface area contributed by atoms with Crippen LogP contribution in [0.2, 0.25) is 0 Å². The number of carbonyl (C=O) groups is 2. The normalized spacial score (nSPS) is 13.0. The summed E-state index contributed by atoms with van der Waals surface area (Å²) in [4.78, 5) is 35.4. The van der Waals surface area contributed by atoms with Crippen LogP contribution < -0.4 is 15.2 Å². The summed E-state index contributed by atoms with van der Waals surface area (Å²) in [5.74, 6) is -0.570. The highest BCUT2D eigenvalue weighted by atomic mass is 35.5. The van der Waals surface area contributed by atoms with E-state index in [0.717, 1.165) is 12.8 Å². The lowest BCUT2D eigenvalue weighted by atomic mass is 10.2. The maximum atomic E-state index is 13.0. The van der Waals surface area contributed by atoms with Gasteiger partial charge >= 0.3 is 12.6 Å². The number of benzene rings is 1. The number of oxazole rings is 1. The van der Waals surface area contributed by atoms with Gasteiger partial charge in [0, 0.05) is 19.2 Å². The van der Waals surface area contributed by atoms with Crippen LogP contribution in [0, 0.1) is 5.92 Å². The molecule has 1 amide bonds. The summed E-state index contributed by atoms with van der Waals surface area (Å²) in [5, 5.41) is 0. The molecule has 0 saturated heterocycles. The SMILES string of the molecule is CCN(C)C(=O)c1cccc(COC(=O)c2nc(-c3ccc(OC(F)F)c(OCC4CC4)c3)oc2[C@H](C)N)n1.Cl.Cl. The smallest absolute Gasteiger partial charge is 0.387 e. The zero-order valence-corrected chi connectivity index (χ0v) is 24.3. The van der Waals surface area contributed by atoms with Crippen LogP contribution in [0.1, 0.15) is 65.2 Å². The molecule has 1 aliphatic rings. The van der Waals surface area contributed by atoms with Gasteiger partial charge in [0.1, 0.15) is 12.3 Å². The number of carbonyl (C=O) groups excluding carboxylic acids is 2. The average molecular weight is 617 g/mol. The Hall–Kier alpha value is -3.48. The van der Waals surface area contributed by atoms with Crippen molar-refractivity contribution < 1.29 is 37.0 Å². The molecule has 0 bridgehead atoms. The first-order valence-corrected chi connectivity index (χ1v) is 12.5. The summed E-state index contributed by atoms with van der Waals surface area (Å²) in [5.41, 5.74) is 6.86. The van der Waals surface area contributed by atoms with E-state index in [9.17, 15) is 18.4 Å². The van der Waals surface area contributed by atoms with Gasteiger partial charge in [0.05, 0.1) is 18.3 Å². The summed E-state index contributed by atoms with van der Waals surface area (Å²) < 4.78 is 47.2. The van der Waals surface area contributed by atoms with Crippen LogP contribution in [0.25, 0.3) is 11.5 Å². The van der Waals surface area contributed by atoms with Crippen LogP contribution in [0.3, 0.4) is 0 Å². The third-order valence-corrected chi connectivity index (χ3v) is 6.04. The van der Waals surface area contributed by atoms with Crippen molar-refractivity contribution in [1.82, 2.24) is 14.9 Å². The van der Waals surface area contributed by atoms with Gasteiger partial charge in [0.25, 0.3) is 5.91 Å². The minimum absolute atomic E-state index is 0. The largest absolute Gasteiger partial charge is 0.489 e. The third kappa shape index (κ3) is 8.75. The second-order valence-corrected chi connectivity index (χ2v) is 9.22. The molecule has 10 nitrogen and oxygen atoms in total. The molecule has 1 aromatic carbocycles. The molecular formula is C27H32Cl2F2N4O6. The topological polar surface area (TPSA) is 130 Å². The second kappa shape index (κ2) is 14.9. The molecule has 1 atom stereocenters. The minimum atomic E-state index is -3.02. The van der Waals surface area contributed by atoms with Crippen LogP contribution in [0.4, 0.5) is 8.78 Å². The number of esters is 1. The first-order chi connectivity index (χ1) is 18.7. The molecule has 4 rings (SSSR count). The van der Waals surface area contributed by atoms with E-state index in [0.29, 0.717) is 30.3 Å². The van der Waals surface area contributed by atoms with Crippen molar-refractivity contribution in [3.8, 4) is 23.0 Å². The maximum absolute atomic E-state index is 13.0. The zero-order valence-electron chi connectivity index (χ0n) is 22.7. The number of amides is 1. The summed E-state index contributed by atoms with van der Waals surface area (Å²) in [7, 11) is 1.66. The van der Waals surface area contributed by atoms with Crippen molar-refractivity contribution in [2.75, 3.05) is 20.2 Å². The molecule has 1 saturated carbocycles. The fourth-order valence-electron chi connectivity index (χ4n) is 3.58. The molecule has 3 aromatic rings. The molecule has 14 heteroatoms. The highest BCUT2D eigenvalue weighted by Crippen LogP contribution is 2.37. The summed E-state index contributed by atoms with van der Waals surface area (Å²) in [6.45, 7) is 1.12. The van der Waals surface area contributed by atoms with Gasteiger partial charge in [-0.05, 0) is 62.9 Å². The minimum Gasteiger partial charge on any atom is -0.489 e. The molecule has 1 fully saturated rings. The summed E-state index contributed by atoms with van der Waals surface area (Å²) >= 11 is 0. The average Bonchev–Trinajstić information content (AvgIpc) is 3.64. The highest BCUT2D eigenvalue weighted by Gasteiger charge is 2.27. The number of halogens is 4. The molecule has 0 spiro atoms. The van der Waals surface area contributed by atoms with E-state index in [1.165, 1.54) is 23.1 Å². The van der Waals surface area contributed by atoms with Gasteiger partial charge in [-0.25, -0.2) is 14.8 Å². The number of pyridine rings is 1. The first kappa shape index (κ1) is 33.7. The molecule has 0 unspecified atom stereocenters. The van der Waals surface area contributed by atoms with Gasteiger partial charge in [-0.2, -0.15) is 8.78 Å². The van der Waals surface area contributed by atoms with Gasteiger partial charge in [0.2, 0.25) is 5.89 Å². The number of ether oxygens (including phenoxy) is 3. The lowest BCUT2D eigenvalue weighted by molar-refractivity contribution is -0.0515. The summed E-state index contributed by atoms with van der Waals surface area (Å²) in [6, 6.07) is 8.41. The summed E-state index contributed by atoms with van der Waals surface area (Å²) in [6.07, 6.45) is 2.03. The quantitative estimate of drug-likeness (QED) is 0.264. The number of nitrogens with two attached hydrogens (primary N) is 1. The lowest BCUT2D eigenvalue weighted by Crippen LogP contribution is -2.27. The fourth-order valence-corrected chi connectivity index (χ4v) is 3.58. The second-order valence-electron chi connectivity index (χ2n) is 9.22. The predicted octanol–water partition coefficient (Wildman–Crippen LogP) is 5.44. The van der Waals surface area contributed by atoms with Gasteiger partial charge in [-0.1, -0.05) is 6.07 Å². The van der Waals surface area contributed by atoms with Gasteiger partial charge in [-0.15, -0.1) is 24.8 Å². The molecule has 0 radical (unpaired) electrons. The number of nitrogens with zero attached hydrogens (tertiary/aromatic N) is 3. The first-order valence-electron chi connectivity index (χ1n) is 12.5. The molecule has 2 N–H and O–H groups in total. The Morgan fingerprint density at radius 3 is 2.51 bits per heavy atom. The van der Waals surface area contributed by atoms with E-state index < -0.39 is 18.6 Å². The molecule has 1 aliphatic carbocycles. The van der Waals surface area contributed by atoms with E-state index in [2.05, 4.69) is 14.7 Å². The number of hydrogen-bond donors (Lipinski definition) is 1. The monoisotopic (exact) mass is 616 g/mol. The van der Waals surface area contributed by atoms with Crippen molar-refractivity contribution in [1.29, 1.82) is 0 Å². The van der Waals surface area contributed by atoms with Crippen molar-refractivity contribution in [3.63, 3.8) is 0 Å². The lowest BCUT2D eigenvalue weighted by Gasteiger charge is -2.14. The highest BCUT2D eigenvalue weighted by molar-refractivity contribution is 5.92. The Morgan fingerprint density at radius 1 is 1.15 bits per heavy atom. The molecular weight excluding hydrogens is 585 g/mol. The van der Waals surface area contributed by atoms with Crippen LogP contribution in [-0.4, -0.2) is 53.6 Å². The van der Waals surface area contributed by atoms with Gasteiger partial charge in [-0.3, -0.25) is 4.79 Å². The Morgan fingerprint density at radius 2 is 1.88 bits per heavy atom. The third-order valence-electron chi connectivity index (χ3n) is 6.04. The van der Waals surface area contributed by atoms with E-state index in [-0.39, 0.29) is 71.9 Å². The molecule has 2 aromatic heterocycles. The van der Waals surface area contributed by atoms with Crippen molar-refractivity contribution >= 4 is 36.7 Å². The molecule has 0 aliphatic heterocycles. The van der Waals surface area contributed by atoms with Crippen LogP contribution in [0.5, 0.6) is 11.5 Å². The Labute approximate surface area is 248 Å². The van der Waals surface area contributed by atoms with Crippen molar-refractivity contribution in [3.05, 3.63) is 59.2 Å². The zero-order chi connectivity index (χ0) is 28.1. The van der Waals surface area contributed by atoms with Crippen LogP contribution >= 0.6 is 24.8 Å². The number of rotatable bonds is 12. The fraction of sp³-hybridized carbons (Fsp3) is 0.407. The number of alkyl halides is 2. The maximum Gasteiger partial charge on any atom is 0.387 e. The Balaban J connectivity index is 0.00000294. The molecule has 2 heterocycles. The Kier molecular flexibility index (Phi) is 12.3. The van der Waals surface area contributed by atoms with Crippen LogP contribution in [-0.2, 0) is 11.3 Å². The van der Waals surface area contributed by atoms with Crippen molar-refractivity contribution in [2.45, 2.75) is 45.9 Å². The van der Waals surface area contributed by atoms with Gasteiger partial charge < -0.3 is 29.3 Å². The number of hydrogen-bond acceptors (Lipinski definition) is 9. The standard InChI is InChI=1S/C27H30F2N4O6.2ClH/c1-4-33(3)25(34)19-7-5-6-18(31-19)14-37-26(35)22-23(15(2)30)39-24(32-22)17-10-11-20(38-27(28)29)21(12-17)36-13-16-8-9-16;;/h5-7,10-12,15-16,27H,4,8-9,13-14,30H2,1-3H3;2*1H/t15-;;/m0../s1. The van der Waals surface area contributed by atoms with E-state index in [1.54, 1.807) is 32.2 Å². The van der Waals surface area contributed by atoms with E-state index >= 15 is 0 Å². The molecule has 41 heavy (non-hydrogen) atoms. The van der Waals surface area contributed by atoms with E-state index in [1.807, 2.05) is 6.92 Å². The Bertz CT molecular complexity index is 1340. The number of aromatic nitrogens is 2. The van der Waals surface area contributed by atoms with Crippen LogP contribution in [0.15, 0.2) is 40.8 Å². The van der Waals surface area contributed by atoms with Crippen molar-refractivity contribution in [2.24, 2.45) is 11.7 Å². The van der Waals surface area contributed by atoms with Gasteiger partial charge in [0.15, 0.2) is 23.0 Å². The predicted molar refractivity (Wildman–Crippen MR) is 150 cm³/mol. The van der Waals surface area contributed by atoms with E-state index in [4.69, 9.17) is 19.6 Å².